The Hall–Kier alpha value is -2.42. The van der Waals surface area contributed by atoms with Gasteiger partial charge in [-0.05, 0) is 36.8 Å². The van der Waals surface area contributed by atoms with Gasteiger partial charge in [-0.25, -0.2) is 9.97 Å². The van der Waals surface area contributed by atoms with E-state index in [1.807, 2.05) is 36.4 Å². The van der Waals surface area contributed by atoms with Gasteiger partial charge < -0.3 is 24.3 Å². The first-order valence-corrected chi connectivity index (χ1v) is 10.3. The largest absolute Gasteiger partial charge is 0.493 e. The van der Waals surface area contributed by atoms with Crippen LogP contribution in [0.2, 0.25) is 0 Å². The molecule has 2 aliphatic rings. The van der Waals surface area contributed by atoms with Crippen LogP contribution in [0.4, 0.5) is 11.5 Å². The van der Waals surface area contributed by atoms with Crippen LogP contribution in [-0.2, 0) is 9.47 Å². The Morgan fingerprint density at radius 2 is 1.97 bits per heavy atom. The number of hydrogen-bond donors (Lipinski definition) is 1. The SMILES string of the molecule is COc1cc2c(Nc3ccc(Br)cc3)ncnc2cc1O[C@@H]1COC2CCOC21. The number of methoxy groups -OCH3 is 1. The molecule has 0 spiro atoms. The highest BCUT2D eigenvalue weighted by molar-refractivity contribution is 9.10. The minimum absolute atomic E-state index is 0.0320. The monoisotopic (exact) mass is 457 g/mol. The van der Waals surface area contributed by atoms with Crippen LogP contribution < -0.4 is 14.8 Å². The van der Waals surface area contributed by atoms with Crippen molar-refractivity contribution in [2.24, 2.45) is 0 Å². The first kappa shape index (κ1) is 18.6. The van der Waals surface area contributed by atoms with Crippen molar-refractivity contribution < 1.29 is 18.9 Å². The fourth-order valence-corrected chi connectivity index (χ4v) is 4.04. The maximum atomic E-state index is 6.23. The van der Waals surface area contributed by atoms with E-state index in [-0.39, 0.29) is 18.3 Å². The van der Waals surface area contributed by atoms with Crippen molar-refractivity contribution in [3.8, 4) is 11.5 Å². The van der Waals surface area contributed by atoms with Crippen LogP contribution in [0.1, 0.15) is 6.42 Å². The van der Waals surface area contributed by atoms with E-state index in [0.29, 0.717) is 30.5 Å². The Morgan fingerprint density at radius 3 is 2.79 bits per heavy atom. The highest BCUT2D eigenvalue weighted by Gasteiger charge is 2.43. The summed E-state index contributed by atoms with van der Waals surface area (Å²) in [7, 11) is 1.62. The summed E-state index contributed by atoms with van der Waals surface area (Å²) in [4.78, 5) is 8.82. The van der Waals surface area contributed by atoms with E-state index in [4.69, 9.17) is 18.9 Å². The summed E-state index contributed by atoms with van der Waals surface area (Å²) in [6.07, 6.45) is 2.38. The van der Waals surface area contributed by atoms with Gasteiger partial charge in [-0.3, -0.25) is 0 Å². The Bertz CT molecular complexity index is 1030. The molecule has 2 saturated heterocycles. The second-order valence-corrected chi connectivity index (χ2v) is 7.94. The van der Waals surface area contributed by atoms with Crippen LogP contribution in [0.25, 0.3) is 10.9 Å². The maximum Gasteiger partial charge on any atom is 0.164 e. The van der Waals surface area contributed by atoms with E-state index < -0.39 is 0 Å². The summed E-state index contributed by atoms with van der Waals surface area (Å²) < 4.78 is 24.4. The van der Waals surface area contributed by atoms with Gasteiger partial charge in [0.05, 0.1) is 25.3 Å². The fraction of sp³-hybridized carbons (Fsp3) is 0.333. The Morgan fingerprint density at radius 1 is 1.10 bits per heavy atom. The first-order chi connectivity index (χ1) is 14.2. The molecule has 8 heteroatoms. The van der Waals surface area contributed by atoms with Crippen LogP contribution in [0.15, 0.2) is 47.2 Å². The zero-order valence-electron chi connectivity index (χ0n) is 15.8. The number of hydrogen-bond acceptors (Lipinski definition) is 7. The molecule has 2 aromatic carbocycles. The summed E-state index contributed by atoms with van der Waals surface area (Å²) in [5.41, 5.74) is 1.69. The molecule has 3 atom stereocenters. The molecule has 2 fully saturated rings. The lowest BCUT2D eigenvalue weighted by Crippen LogP contribution is -2.32. The number of rotatable bonds is 5. The van der Waals surface area contributed by atoms with E-state index in [2.05, 4.69) is 31.2 Å². The molecular weight excluding hydrogens is 438 g/mol. The molecule has 0 aliphatic carbocycles. The topological polar surface area (TPSA) is 74.7 Å². The molecule has 3 aromatic rings. The van der Waals surface area contributed by atoms with Crippen molar-refractivity contribution in [1.29, 1.82) is 0 Å². The standard InChI is InChI=1S/C21H20BrN3O4/c1-26-17-8-14-15(9-18(17)29-19-10-28-16-6-7-27-20(16)19)23-11-24-21(14)25-13-4-2-12(22)3-5-13/h2-5,8-9,11,16,19-20H,6-7,10H2,1H3,(H,23,24,25)/t16?,19-,20?/m1/s1. The van der Waals surface area contributed by atoms with Crippen LogP contribution in [-0.4, -0.2) is 48.6 Å². The third-order valence-electron chi connectivity index (χ3n) is 5.23. The smallest absolute Gasteiger partial charge is 0.164 e. The van der Waals surface area contributed by atoms with Gasteiger partial charge >= 0.3 is 0 Å². The molecule has 3 heterocycles. The minimum Gasteiger partial charge on any atom is -0.493 e. The molecule has 1 aromatic heterocycles. The van der Waals surface area contributed by atoms with Crippen molar-refractivity contribution in [2.45, 2.75) is 24.7 Å². The fourth-order valence-electron chi connectivity index (χ4n) is 3.78. The lowest BCUT2D eigenvalue weighted by molar-refractivity contribution is 0.0298. The summed E-state index contributed by atoms with van der Waals surface area (Å²) in [6.45, 7) is 1.22. The number of nitrogens with one attached hydrogen (secondary N) is 1. The molecule has 0 saturated carbocycles. The van der Waals surface area contributed by atoms with Gasteiger partial charge in [0.2, 0.25) is 0 Å². The summed E-state index contributed by atoms with van der Waals surface area (Å²) >= 11 is 3.45. The number of anilines is 2. The number of nitrogens with zero attached hydrogens (tertiary/aromatic N) is 2. The number of fused-ring (bicyclic) bond motifs is 2. The van der Waals surface area contributed by atoms with E-state index in [9.17, 15) is 0 Å². The zero-order valence-corrected chi connectivity index (χ0v) is 17.4. The van der Waals surface area contributed by atoms with Crippen LogP contribution in [0.3, 0.4) is 0 Å². The van der Waals surface area contributed by atoms with Gasteiger partial charge in [0.1, 0.15) is 18.2 Å². The van der Waals surface area contributed by atoms with Crippen LogP contribution >= 0.6 is 15.9 Å². The van der Waals surface area contributed by atoms with Crippen molar-refractivity contribution in [3.63, 3.8) is 0 Å². The molecule has 0 radical (unpaired) electrons. The second-order valence-electron chi connectivity index (χ2n) is 7.03. The lowest BCUT2D eigenvalue weighted by Gasteiger charge is -2.20. The van der Waals surface area contributed by atoms with Crippen LogP contribution in [0, 0.1) is 0 Å². The van der Waals surface area contributed by atoms with Gasteiger partial charge in [0, 0.05) is 28.2 Å². The molecule has 0 amide bonds. The second kappa shape index (κ2) is 7.78. The van der Waals surface area contributed by atoms with Crippen molar-refractivity contribution >= 4 is 38.3 Å². The number of benzene rings is 2. The molecule has 0 bridgehead atoms. The van der Waals surface area contributed by atoms with Crippen molar-refractivity contribution in [1.82, 2.24) is 9.97 Å². The molecule has 150 valence electrons. The van der Waals surface area contributed by atoms with E-state index >= 15 is 0 Å². The van der Waals surface area contributed by atoms with Gasteiger partial charge in [-0.15, -0.1) is 0 Å². The Labute approximate surface area is 176 Å². The average molecular weight is 458 g/mol. The molecule has 2 unspecified atom stereocenters. The summed E-state index contributed by atoms with van der Waals surface area (Å²) in [6, 6.07) is 11.7. The summed E-state index contributed by atoms with van der Waals surface area (Å²) in [5.74, 6) is 1.94. The van der Waals surface area contributed by atoms with Gasteiger partial charge in [-0.1, -0.05) is 15.9 Å². The van der Waals surface area contributed by atoms with E-state index in [1.165, 1.54) is 6.33 Å². The predicted octanol–water partition coefficient (Wildman–Crippen LogP) is 4.08. The van der Waals surface area contributed by atoms with Gasteiger partial charge in [0.25, 0.3) is 0 Å². The third kappa shape index (κ3) is 3.63. The normalized spacial score (nSPS) is 23.2. The molecule has 5 rings (SSSR count). The van der Waals surface area contributed by atoms with E-state index in [1.54, 1.807) is 7.11 Å². The highest BCUT2D eigenvalue weighted by Crippen LogP contribution is 2.37. The van der Waals surface area contributed by atoms with Crippen molar-refractivity contribution in [2.75, 3.05) is 25.6 Å². The molecule has 1 N–H and O–H groups in total. The zero-order chi connectivity index (χ0) is 19.8. The highest BCUT2D eigenvalue weighted by atomic mass is 79.9. The van der Waals surface area contributed by atoms with Crippen LogP contribution in [0.5, 0.6) is 11.5 Å². The van der Waals surface area contributed by atoms with E-state index in [0.717, 1.165) is 27.5 Å². The number of ether oxygens (including phenoxy) is 4. The third-order valence-corrected chi connectivity index (χ3v) is 5.75. The maximum absolute atomic E-state index is 6.23. The lowest BCUT2D eigenvalue weighted by atomic mass is 10.1. The first-order valence-electron chi connectivity index (χ1n) is 9.46. The molecule has 2 aliphatic heterocycles. The summed E-state index contributed by atoms with van der Waals surface area (Å²) in [5, 5.41) is 4.18. The molecular formula is C21H20BrN3O4. The Kier molecular flexibility index (Phi) is 4.99. The quantitative estimate of drug-likeness (QED) is 0.618. The minimum atomic E-state index is -0.156. The Balaban J connectivity index is 1.46. The molecule has 29 heavy (non-hydrogen) atoms. The predicted molar refractivity (Wildman–Crippen MR) is 112 cm³/mol. The van der Waals surface area contributed by atoms with Gasteiger partial charge in [-0.2, -0.15) is 0 Å². The average Bonchev–Trinajstić information content (AvgIpc) is 3.35. The van der Waals surface area contributed by atoms with Gasteiger partial charge in [0.15, 0.2) is 17.6 Å². The van der Waals surface area contributed by atoms with Crippen molar-refractivity contribution in [3.05, 3.63) is 47.2 Å². The number of halogens is 1. The number of aromatic nitrogens is 2. The molecule has 7 nitrogen and oxygen atoms in total.